The Morgan fingerprint density at radius 2 is 2.22 bits per heavy atom. The number of halogens is 1. The number of anilines is 1. The SMILES string of the molecule is Cc1ccoc1C(=O)Nc1cc(F)ccc1Sc1nccn1C. The van der Waals surface area contributed by atoms with E-state index in [1.807, 2.05) is 17.8 Å². The lowest BCUT2D eigenvalue weighted by Crippen LogP contribution is -2.13. The van der Waals surface area contributed by atoms with Gasteiger partial charge in [-0.25, -0.2) is 9.37 Å². The Kier molecular flexibility index (Phi) is 4.20. The molecular formula is C16H14FN3O2S. The Morgan fingerprint density at radius 1 is 1.39 bits per heavy atom. The molecule has 5 nitrogen and oxygen atoms in total. The number of aromatic nitrogens is 2. The Balaban J connectivity index is 1.89. The zero-order valence-electron chi connectivity index (χ0n) is 12.5. The first-order valence-corrected chi connectivity index (χ1v) is 7.66. The van der Waals surface area contributed by atoms with E-state index in [0.29, 0.717) is 10.6 Å². The highest BCUT2D eigenvalue weighted by atomic mass is 32.2. The predicted octanol–water partition coefficient (Wildman–Crippen LogP) is 3.86. The van der Waals surface area contributed by atoms with Crippen LogP contribution < -0.4 is 5.32 Å². The molecular weight excluding hydrogens is 317 g/mol. The van der Waals surface area contributed by atoms with Gasteiger partial charge < -0.3 is 14.3 Å². The van der Waals surface area contributed by atoms with Crippen molar-refractivity contribution in [3.63, 3.8) is 0 Å². The van der Waals surface area contributed by atoms with Crippen LogP contribution in [0.5, 0.6) is 0 Å². The maximum absolute atomic E-state index is 13.6. The van der Waals surface area contributed by atoms with E-state index in [1.54, 1.807) is 25.3 Å². The lowest BCUT2D eigenvalue weighted by molar-refractivity contribution is 0.0995. The van der Waals surface area contributed by atoms with E-state index in [2.05, 4.69) is 10.3 Å². The number of hydrogen-bond donors (Lipinski definition) is 1. The monoisotopic (exact) mass is 331 g/mol. The van der Waals surface area contributed by atoms with Crippen LogP contribution in [0.1, 0.15) is 16.1 Å². The number of hydrogen-bond acceptors (Lipinski definition) is 4. The largest absolute Gasteiger partial charge is 0.459 e. The number of aryl methyl sites for hydroxylation is 2. The number of benzene rings is 1. The third-order valence-corrected chi connectivity index (χ3v) is 4.39. The van der Waals surface area contributed by atoms with E-state index in [0.717, 1.165) is 10.7 Å². The van der Waals surface area contributed by atoms with Crippen LogP contribution in [0.15, 0.2) is 57.4 Å². The van der Waals surface area contributed by atoms with Crippen LogP contribution in [0.3, 0.4) is 0 Å². The minimum absolute atomic E-state index is 0.210. The quantitative estimate of drug-likeness (QED) is 0.788. The molecule has 0 radical (unpaired) electrons. The average Bonchev–Trinajstić information content (AvgIpc) is 3.11. The van der Waals surface area contributed by atoms with Crippen LogP contribution in [0.25, 0.3) is 0 Å². The summed E-state index contributed by atoms with van der Waals surface area (Å²) in [7, 11) is 1.86. The van der Waals surface area contributed by atoms with Gasteiger partial charge in [0.05, 0.1) is 12.0 Å². The molecule has 0 bridgehead atoms. The zero-order chi connectivity index (χ0) is 16.4. The van der Waals surface area contributed by atoms with E-state index in [9.17, 15) is 9.18 Å². The Hall–Kier alpha value is -2.54. The number of nitrogens with zero attached hydrogens (tertiary/aromatic N) is 2. The number of amides is 1. The lowest BCUT2D eigenvalue weighted by atomic mass is 10.2. The number of imidazole rings is 1. The molecule has 3 aromatic rings. The second-order valence-corrected chi connectivity index (χ2v) is 5.96. The summed E-state index contributed by atoms with van der Waals surface area (Å²) in [5.74, 6) is -0.636. The number of carbonyl (C=O) groups excluding carboxylic acids is 1. The molecule has 0 aliphatic heterocycles. The van der Waals surface area contributed by atoms with Crippen LogP contribution in [-0.2, 0) is 7.05 Å². The second kappa shape index (κ2) is 6.29. The molecule has 118 valence electrons. The van der Waals surface area contributed by atoms with Gasteiger partial charge in [-0.2, -0.15) is 0 Å². The number of nitrogens with one attached hydrogen (secondary N) is 1. The minimum atomic E-state index is -0.430. The molecule has 0 aliphatic rings. The molecule has 3 rings (SSSR count). The van der Waals surface area contributed by atoms with Gasteiger partial charge in [0.25, 0.3) is 5.91 Å². The van der Waals surface area contributed by atoms with Gasteiger partial charge in [0.2, 0.25) is 0 Å². The molecule has 7 heteroatoms. The summed E-state index contributed by atoms with van der Waals surface area (Å²) < 4.78 is 20.6. The summed E-state index contributed by atoms with van der Waals surface area (Å²) >= 11 is 1.34. The average molecular weight is 331 g/mol. The van der Waals surface area contributed by atoms with Crippen molar-refractivity contribution < 1.29 is 13.6 Å². The van der Waals surface area contributed by atoms with Gasteiger partial charge in [-0.05, 0) is 43.0 Å². The highest BCUT2D eigenvalue weighted by molar-refractivity contribution is 7.99. The summed E-state index contributed by atoms with van der Waals surface area (Å²) in [4.78, 5) is 17.2. The van der Waals surface area contributed by atoms with E-state index in [1.165, 1.54) is 30.2 Å². The first-order valence-electron chi connectivity index (χ1n) is 6.85. The van der Waals surface area contributed by atoms with Gasteiger partial charge in [-0.15, -0.1) is 0 Å². The standard InChI is InChI=1S/C16H14FN3O2S/c1-10-5-8-22-14(10)15(21)19-12-9-11(17)3-4-13(12)23-16-18-6-7-20(16)2/h3-9H,1-2H3,(H,19,21). The molecule has 1 aromatic carbocycles. The van der Waals surface area contributed by atoms with Gasteiger partial charge in [0, 0.05) is 29.9 Å². The first-order chi connectivity index (χ1) is 11.0. The summed E-state index contributed by atoms with van der Waals surface area (Å²) in [6, 6.07) is 5.93. The van der Waals surface area contributed by atoms with E-state index in [-0.39, 0.29) is 5.76 Å². The number of furan rings is 1. The molecule has 0 atom stereocenters. The van der Waals surface area contributed by atoms with Crippen LogP contribution in [0, 0.1) is 12.7 Å². The molecule has 0 saturated carbocycles. The topological polar surface area (TPSA) is 60.1 Å². The van der Waals surface area contributed by atoms with Crippen molar-refractivity contribution in [3.8, 4) is 0 Å². The van der Waals surface area contributed by atoms with Crippen molar-refractivity contribution in [1.29, 1.82) is 0 Å². The Bertz CT molecular complexity index is 857. The zero-order valence-corrected chi connectivity index (χ0v) is 13.4. The number of carbonyl (C=O) groups is 1. The molecule has 0 saturated heterocycles. The predicted molar refractivity (Wildman–Crippen MR) is 85.1 cm³/mol. The van der Waals surface area contributed by atoms with Gasteiger partial charge in [-0.3, -0.25) is 4.79 Å². The molecule has 23 heavy (non-hydrogen) atoms. The molecule has 0 spiro atoms. The van der Waals surface area contributed by atoms with Crippen molar-refractivity contribution in [2.24, 2.45) is 7.05 Å². The third kappa shape index (κ3) is 3.29. The van der Waals surface area contributed by atoms with Crippen molar-refractivity contribution in [1.82, 2.24) is 9.55 Å². The molecule has 2 aromatic heterocycles. The van der Waals surface area contributed by atoms with Gasteiger partial charge in [0.15, 0.2) is 10.9 Å². The van der Waals surface area contributed by atoms with E-state index in [4.69, 9.17) is 4.42 Å². The fraction of sp³-hybridized carbons (Fsp3) is 0.125. The highest BCUT2D eigenvalue weighted by Gasteiger charge is 2.16. The summed E-state index contributed by atoms with van der Waals surface area (Å²) in [5, 5.41) is 3.43. The maximum atomic E-state index is 13.6. The maximum Gasteiger partial charge on any atom is 0.291 e. The van der Waals surface area contributed by atoms with Crippen LogP contribution >= 0.6 is 11.8 Å². The van der Waals surface area contributed by atoms with E-state index >= 15 is 0 Å². The summed E-state index contributed by atoms with van der Waals surface area (Å²) in [6.07, 6.45) is 4.94. The third-order valence-electron chi connectivity index (χ3n) is 3.24. The summed E-state index contributed by atoms with van der Waals surface area (Å²) in [5.41, 5.74) is 1.09. The molecule has 0 unspecified atom stereocenters. The van der Waals surface area contributed by atoms with Crippen molar-refractivity contribution in [2.75, 3.05) is 5.32 Å². The molecule has 0 fully saturated rings. The lowest BCUT2D eigenvalue weighted by Gasteiger charge is -2.10. The fourth-order valence-electron chi connectivity index (χ4n) is 2.02. The minimum Gasteiger partial charge on any atom is -0.459 e. The van der Waals surface area contributed by atoms with Gasteiger partial charge in [0.1, 0.15) is 5.82 Å². The summed E-state index contributed by atoms with van der Waals surface area (Å²) in [6.45, 7) is 1.77. The number of rotatable bonds is 4. The Labute approximate surface area is 136 Å². The molecule has 1 N–H and O–H groups in total. The van der Waals surface area contributed by atoms with Crippen LogP contribution in [0.2, 0.25) is 0 Å². The van der Waals surface area contributed by atoms with Crippen molar-refractivity contribution >= 4 is 23.4 Å². The van der Waals surface area contributed by atoms with Gasteiger partial charge in [-0.1, -0.05) is 0 Å². The normalized spacial score (nSPS) is 10.7. The van der Waals surface area contributed by atoms with Crippen molar-refractivity contribution in [2.45, 2.75) is 17.0 Å². The fourth-order valence-corrected chi connectivity index (χ4v) is 2.89. The molecule has 1 amide bonds. The Morgan fingerprint density at radius 3 is 2.87 bits per heavy atom. The van der Waals surface area contributed by atoms with E-state index < -0.39 is 11.7 Å². The first kappa shape index (κ1) is 15.4. The van der Waals surface area contributed by atoms with Crippen LogP contribution in [0.4, 0.5) is 10.1 Å². The molecule has 0 aliphatic carbocycles. The van der Waals surface area contributed by atoms with Gasteiger partial charge >= 0.3 is 0 Å². The molecule has 2 heterocycles. The highest BCUT2D eigenvalue weighted by Crippen LogP contribution is 2.33. The smallest absolute Gasteiger partial charge is 0.291 e. The van der Waals surface area contributed by atoms with Crippen LogP contribution in [-0.4, -0.2) is 15.5 Å². The van der Waals surface area contributed by atoms with Crippen molar-refractivity contribution in [3.05, 3.63) is 60.1 Å². The second-order valence-electron chi connectivity index (χ2n) is 4.95.